The highest BCUT2D eigenvalue weighted by Gasteiger charge is 2.09. The third-order valence-electron chi connectivity index (χ3n) is 3.89. The molecule has 0 spiro atoms. The molecule has 2 aromatic carbocycles. The Labute approximate surface area is 161 Å². The van der Waals surface area contributed by atoms with Crippen LogP contribution in [0.25, 0.3) is 0 Å². The Kier molecular flexibility index (Phi) is 6.63. The van der Waals surface area contributed by atoms with Crippen molar-refractivity contribution in [3.8, 4) is 17.2 Å². The minimum Gasteiger partial charge on any atom is -0.503 e. The molecule has 0 atom stereocenters. The van der Waals surface area contributed by atoms with Crippen LogP contribution in [0.15, 0.2) is 33.8 Å². The van der Waals surface area contributed by atoms with Crippen LogP contribution in [0.5, 0.6) is 17.2 Å². The van der Waals surface area contributed by atoms with Crippen molar-refractivity contribution in [2.45, 2.75) is 20.8 Å². The number of methoxy groups -OCH3 is 1. The average molecular weight is 421 g/mol. The molecule has 0 fully saturated rings. The number of aryl methyl sites for hydroxylation is 2. The first kappa shape index (κ1) is 19.8. The van der Waals surface area contributed by atoms with E-state index in [2.05, 4.69) is 26.5 Å². The van der Waals surface area contributed by atoms with Gasteiger partial charge in [0.1, 0.15) is 5.75 Å². The van der Waals surface area contributed by atoms with E-state index in [0.29, 0.717) is 15.8 Å². The van der Waals surface area contributed by atoms with E-state index < -0.39 is 0 Å². The van der Waals surface area contributed by atoms with E-state index >= 15 is 0 Å². The van der Waals surface area contributed by atoms with Crippen molar-refractivity contribution in [3.05, 3.63) is 51.0 Å². The number of phenolic OH excluding ortho intramolecular Hbond substituents is 1. The molecule has 0 saturated carbocycles. The second-order valence-corrected chi connectivity index (χ2v) is 6.64. The van der Waals surface area contributed by atoms with E-state index in [-0.39, 0.29) is 18.3 Å². The van der Waals surface area contributed by atoms with Crippen LogP contribution in [-0.4, -0.2) is 30.9 Å². The summed E-state index contributed by atoms with van der Waals surface area (Å²) in [5.74, 6) is 0.662. The zero-order chi connectivity index (χ0) is 19.3. The van der Waals surface area contributed by atoms with Gasteiger partial charge in [0.05, 0.1) is 17.8 Å². The lowest BCUT2D eigenvalue weighted by Crippen LogP contribution is -2.25. The lowest BCUT2D eigenvalue weighted by atomic mass is 10.1. The summed E-state index contributed by atoms with van der Waals surface area (Å²) in [5, 5.41) is 13.7. The number of amides is 1. The van der Waals surface area contributed by atoms with Crippen molar-refractivity contribution in [3.63, 3.8) is 0 Å². The van der Waals surface area contributed by atoms with Gasteiger partial charge in [0, 0.05) is 0 Å². The molecule has 0 saturated heterocycles. The number of ether oxygens (including phenoxy) is 2. The van der Waals surface area contributed by atoms with Crippen molar-refractivity contribution in [2.75, 3.05) is 13.7 Å². The summed E-state index contributed by atoms with van der Waals surface area (Å²) >= 11 is 3.23. The topological polar surface area (TPSA) is 80.2 Å². The summed E-state index contributed by atoms with van der Waals surface area (Å²) in [6.45, 7) is 5.76. The summed E-state index contributed by atoms with van der Waals surface area (Å²) in [5.41, 5.74) is 6.17. The minimum absolute atomic E-state index is 0.00554. The number of carbonyl (C=O) groups excluding carboxylic acids is 1. The standard InChI is InChI=1S/C19H21BrN2O4/c1-11-5-6-12(2)19(13(11)3)26-10-17(23)22-21-9-14-7-15(20)18(24)16(8-14)25-4/h5-9,24H,10H2,1-4H3,(H,22,23)/b21-9+. The van der Waals surface area contributed by atoms with Crippen LogP contribution >= 0.6 is 15.9 Å². The largest absolute Gasteiger partial charge is 0.503 e. The van der Waals surface area contributed by atoms with Gasteiger partial charge in [-0.05, 0) is 71.1 Å². The van der Waals surface area contributed by atoms with E-state index in [9.17, 15) is 9.90 Å². The summed E-state index contributed by atoms with van der Waals surface area (Å²) in [6.07, 6.45) is 1.45. The second kappa shape index (κ2) is 8.71. The van der Waals surface area contributed by atoms with E-state index in [1.807, 2.05) is 32.9 Å². The number of phenols is 1. The van der Waals surface area contributed by atoms with Crippen LogP contribution in [-0.2, 0) is 4.79 Å². The van der Waals surface area contributed by atoms with Crippen molar-refractivity contribution < 1.29 is 19.4 Å². The number of carbonyl (C=O) groups is 1. The first-order valence-electron chi connectivity index (χ1n) is 7.91. The van der Waals surface area contributed by atoms with Crippen molar-refractivity contribution in [1.82, 2.24) is 5.43 Å². The molecule has 1 amide bonds. The lowest BCUT2D eigenvalue weighted by Gasteiger charge is -2.13. The van der Waals surface area contributed by atoms with Gasteiger partial charge in [-0.25, -0.2) is 5.43 Å². The molecule has 138 valence electrons. The highest BCUT2D eigenvalue weighted by atomic mass is 79.9. The molecule has 0 aromatic heterocycles. The molecular formula is C19H21BrN2O4. The zero-order valence-corrected chi connectivity index (χ0v) is 16.7. The molecule has 2 rings (SSSR count). The first-order valence-corrected chi connectivity index (χ1v) is 8.70. The van der Waals surface area contributed by atoms with Crippen LogP contribution in [0.2, 0.25) is 0 Å². The van der Waals surface area contributed by atoms with Crippen LogP contribution < -0.4 is 14.9 Å². The predicted octanol–water partition coefficient (Wildman–Crippen LogP) is 3.62. The maximum atomic E-state index is 11.9. The summed E-state index contributed by atoms with van der Waals surface area (Å²) in [4.78, 5) is 11.9. The third-order valence-corrected chi connectivity index (χ3v) is 4.50. The molecule has 0 aliphatic heterocycles. The quantitative estimate of drug-likeness (QED) is 0.552. The number of hydrogen-bond acceptors (Lipinski definition) is 5. The van der Waals surface area contributed by atoms with Gasteiger partial charge < -0.3 is 14.6 Å². The average Bonchev–Trinajstić information content (AvgIpc) is 2.61. The molecule has 7 heteroatoms. The molecular weight excluding hydrogens is 400 g/mol. The SMILES string of the molecule is COc1cc(/C=N/NC(=O)COc2c(C)ccc(C)c2C)cc(Br)c1O. The number of hydrazone groups is 1. The molecule has 0 radical (unpaired) electrons. The lowest BCUT2D eigenvalue weighted by molar-refractivity contribution is -0.123. The fraction of sp³-hybridized carbons (Fsp3) is 0.263. The smallest absolute Gasteiger partial charge is 0.277 e. The van der Waals surface area contributed by atoms with Gasteiger partial charge in [0.25, 0.3) is 5.91 Å². The highest BCUT2D eigenvalue weighted by Crippen LogP contribution is 2.34. The minimum atomic E-state index is -0.369. The molecule has 0 bridgehead atoms. The Morgan fingerprint density at radius 2 is 1.96 bits per heavy atom. The molecule has 2 aromatic rings. The van der Waals surface area contributed by atoms with Crippen molar-refractivity contribution in [1.29, 1.82) is 0 Å². The van der Waals surface area contributed by atoms with E-state index in [0.717, 1.165) is 22.4 Å². The highest BCUT2D eigenvalue weighted by molar-refractivity contribution is 9.10. The Morgan fingerprint density at radius 3 is 2.65 bits per heavy atom. The monoisotopic (exact) mass is 420 g/mol. The number of rotatable bonds is 6. The number of hydrogen-bond donors (Lipinski definition) is 2. The Bertz CT molecular complexity index is 850. The van der Waals surface area contributed by atoms with Crippen LogP contribution in [0.4, 0.5) is 0 Å². The van der Waals surface area contributed by atoms with Gasteiger partial charge in [0.15, 0.2) is 18.1 Å². The number of nitrogens with zero attached hydrogens (tertiary/aromatic N) is 1. The Hall–Kier alpha value is -2.54. The molecule has 0 unspecified atom stereocenters. The number of aromatic hydroxyl groups is 1. The molecule has 0 aliphatic carbocycles. The number of benzene rings is 2. The Morgan fingerprint density at radius 1 is 1.27 bits per heavy atom. The molecule has 26 heavy (non-hydrogen) atoms. The van der Waals surface area contributed by atoms with Gasteiger partial charge >= 0.3 is 0 Å². The second-order valence-electron chi connectivity index (χ2n) is 5.79. The summed E-state index contributed by atoms with van der Waals surface area (Å²) in [6, 6.07) is 7.24. The number of nitrogens with one attached hydrogen (secondary N) is 1. The molecule has 0 heterocycles. The van der Waals surface area contributed by atoms with Gasteiger partial charge in [-0.3, -0.25) is 4.79 Å². The third kappa shape index (κ3) is 4.76. The van der Waals surface area contributed by atoms with E-state index in [1.165, 1.54) is 13.3 Å². The summed E-state index contributed by atoms with van der Waals surface area (Å²) < 4.78 is 11.2. The fourth-order valence-electron chi connectivity index (χ4n) is 2.32. The van der Waals surface area contributed by atoms with Gasteiger partial charge in [0.2, 0.25) is 0 Å². The van der Waals surface area contributed by atoms with E-state index in [1.54, 1.807) is 12.1 Å². The normalized spacial score (nSPS) is 10.8. The fourth-order valence-corrected chi connectivity index (χ4v) is 2.78. The maximum absolute atomic E-state index is 11.9. The van der Waals surface area contributed by atoms with Gasteiger partial charge in [-0.15, -0.1) is 0 Å². The van der Waals surface area contributed by atoms with Gasteiger partial charge in [-0.1, -0.05) is 12.1 Å². The zero-order valence-electron chi connectivity index (χ0n) is 15.1. The van der Waals surface area contributed by atoms with Crippen molar-refractivity contribution >= 4 is 28.1 Å². The van der Waals surface area contributed by atoms with Crippen molar-refractivity contribution in [2.24, 2.45) is 5.10 Å². The van der Waals surface area contributed by atoms with E-state index in [4.69, 9.17) is 9.47 Å². The predicted molar refractivity (Wildman–Crippen MR) is 104 cm³/mol. The number of halogens is 1. The van der Waals surface area contributed by atoms with Gasteiger partial charge in [-0.2, -0.15) is 5.10 Å². The Balaban J connectivity index is 1.96. The van der Waals surface area contributed by atoms with Crippen LogP contribution in [0.1, 0.15) is 22.3 Å². The molecule has 2 N–H and O–H groups in total. The van der Waals surface area contributed by atoms with Crippen LogP contribution in [0, 0.1) is 20.8 Å². The van der Waals surface area contributed by atoms with Crippen LogP contribution in [0.3, 0.4) is 0 Å². The summed E-state index contributed by atoms with van der Waals surface area (Å²) in [7, 11) is 1.46. The molecule has 6 nitrogen and oxygen atoms in total. The molecule has 0 aliphatic rings. The maximum Gasteiger partial charge on any atom is 0.277 e. The first-order chi connectivity index (χ1) is 12.3.